The Kier molecular flexibility index (Phi) is 2.67. The normalized spacial score (nSPS) is 10.7. The van der Waals surface area contributed by atoms with Crippen LogP contribution in [0, 0.1) is 11.6 Å². The van der Waals surface area contributed by atoms with Crippen molar-refractivity contribution in [1.82, 2.24) is 0 Å². The van der Waals surface area contributed by atoms with Gasteiger partial charge in [-0.1, -0.05) is 23.2 Å². The van der Waals surface area contributed by atoms with Crippen LogP contribution in [0.1, 0.15) is 0 Å². The van der Waals surface area contributed by atoms with Gasteiger partial charge in [0.2, 0.25) is 0 Å². The fourth-order valence-corrected chi connectivity index (χ4v) is 1.62. The minimum Gasteiger partial charge on any atom is -0.464 e. The molecule has 0 N–H and O–H groups in total. The summed E-state index contributed by atoms with van der Waals surface area (Å²) in [6, 6.07) is 4.18. The molecule has 5 heteroatoms. The summed E-state index contributed by atoms with van der Waals surface area (Å²) in [4.78, 5) is 0. The molecule has 15 heavy (non-hydrogen) atoms. The van der Waals surface area contributed by atoms with Crippen LogP contribution in [0.4, 0.5) is 8.78 Å². The molecule has 0 amide bonds. The van der Waals surface area contributed by atoms with Crippen molar-refractivity contribution in [1.29, 1.82) is 0 Å². The van der Waals surface area contributed by atoms with Gasteiger partial charge in [0.1, 0.15) is 16.6 Å². The van der Waals surface area contributed by atoms with Gasteiger partial charge in [-0.2, -0.15) is 0 Å². The molecule has 0 fully saturated rings. The fraction of sp³-hybridized carbons (Fsp3) is 0. The summed E-state index contributed by atoms with van der Waals surface area (Å²) in [6.07, 6.45) is 1.38. The zero-order valence-corrected chi connectivity index (χ0v) is 8.74. The van der Waals surface area contributed by atoms with Crippen LogP contribution in [0.25, 0.3) is 11.3 Å². The largest absolute Gasteiger partial charge is 0.464 e. The van der Waals surface area contributed by atoms with E-state index in [2.05, 4.69) is 0 Å². The van der Waals surface area contributed by atoms with Crippen LogP contribution in [0.15, 0.2) is 28.9 Å². The average molecular weight is 249 g/mol. The molecule has 1 heterocycles. The van der Waals surface area contributed by atoms with Crippen molar-refractivity contribution >= 4 is 23.2 Å². The van der Waals surface area contributed by atoms with Crippen LogP contribution in [0.2, 0.25) is 10.0 Å². The molecule has 0 spiro atoms. The smallest absolute Gasteiger partial charge is 0.164 e. The Morgan fingerprint density at radius 1 is 1.13 bits per heavy atom. The second-order valence-electron chi connectivity index (χ2n) is 2.83. The molecular weight excluding hydrogens is 245 g/mol. The van der Waals surface area contributed by atoms with Gasteiger partial charge in [-0.25, -0.2) is 8.78 Å². The molecule has 78 valence electrons. The van der Waals surface area contributed by atoms with Crippen LogP contribution in [-0.2, 0) is 0 Å². The van der Waals surface area contributed by atoms with E-state index < -0.39 is 16.7 Å². The number of furan rings is 1. The SMILES string of the molecule is Fc1cc(-c2ccco2)c(Cl)c(F)c1Cl. The maximum absolute atomic E-state index is 13.3. The van der Waals surface area contributed by atoms with Crippen LogP contribution in [-0.4, -0.2) is 0 Å². The Morgan fingerprint density at radius 2 is 1.87 bits per heavy atom. The van der Waals surface area contributed by atoms with E-state index >= 15 is 0 Å². The number of hydrogen-bond acceptors (Lipinski definition) is 1. The Morgan fingerprint density at radius 3 is 2.47 bits per heavy atom. The molecule has 1 aromatic carbocycles. The summed E-state index contributed by atoms with van der Waals surface area (Å²) in [6.45, 7) is 0. The predicted octanol–water partition coefficient (Wildman–Crippen LogP) is 4.53. The highest BCUT2D eigenvalue weighted by Crippen LogP contribution is 2.35. The number of hydrogen-bond donors (Lipinski definition) is 0. The van der Waals surface area contributed by atoms with Crippen molar-refractivity contribution in [2.75, 3.05) is 0 Å². The topological polar surface area (TPSA) is 13.1 Å². The molecule has 1 nitrogen and oxygen atoms in total. The minimum absolute atomic E-state index is 0.140. The molecule has 0 aliphatic rings. The number of benzene rings is 1. The van der Waals surface area contributed by atoms with Gasteiger partial charge in [0, 0.05) is 5.56 Å². The molecular formula is C10H4Cl2F2O. The highest BCUT2D eigenvalue weighted by atomic mass is 35.5. The van der Waals surface area contributed by atoms with Crippen molar-refractivity contribution in [3.8, 4) is 11.3 Å². The summed E-state index contributed by atoms with van der Waals surface area (Å²) < 4.78 is 31.4. The Bertz CT molecular complexity index is 495. The highest BCUT2D eigenvalue weighted by Gasteiger charge is 2.17. The predicted molar refractivity (Wildman–Crippen MR) is 54.1 cm³/mol. The lowest BCUT2D eigenvalue weighted by Crippen LogP contribution is -1.89. The summed E-state index contributed by atoms with van der Waals surface area (Å²) in [5, 5.41) is -0.869. The maximum atomic E-state index is 13.3. The zero-order valence-electron chi connectivity index (χ0n) is 7.23. The van der Waals surface area contributed by atoms with E-state index in [1.807, 2.05) is 0 Å². The van der Waals surface area contributed by atoms with E-state index in [9.17, 15) is 8.78 Å². The zero-order chi connectivity index (χ0) is 11.0. The first-order valence-corrected chi connectivity index (χ1v) is 4.73. The van der Waals surface area contributed by atoms with Crippen LogP contribution < -0.4 is 0 Å². The molecule has 0 unspecified atom stereocenters. The van der Waals surface area contributed by atoms with Crippen LogP contribution >= 0.6 is 23.2 Å². The summed E-state index contributed by atoms with van der Waals surface area (Å²) in [7, 11) is 0. The number of halogens is 4. The average Bonchev–Trinajstić information content (AvgIpc) is 2.73. The number of rotatable bonds is 1. The van der Waals surface area contributed by atoms with Gasteiger partial charge in [-0.3, -0.25) is 0 Å². The lowest BCUT2D eigenvalue weighted by molar-refractivity contribution is 0.569. The third-order valence-corrected chi connectivity index (χ3v) is 2.61. The third-order valence-electron chi connectivity index (χ3n) is 1.89. The van der Waals surface area contributed by atoms with E-state index in [-0.39, 0.29) is 16.3 Å². The van der Waals surface area contributed by atoms with Gasteiger partial charge in [-0.15, -0.1) is 0 Å². The maximum Gasteiger partial charge on any atom is 0.164 e. The molecule has 0 radical (unpaired) electrons. The molecule has 0 aliphatic carbocycles. The molecule has 0 aliphatic heterocycles. The van der Waals surface area contributed by atoms with Crippen LogP contribution in [0.5, 0.6) is 0 Å². The van der Waals surface area contributed by atoms with E-state index in [4.69, 9.17) is 27.6 Å². The van der Waals surface area contributed by atoms with Gasteiger partial charge < -0.3 is 4.42 Å². The summed E-state index contributed by atoms with van der Waals surface area (Å²) in [5.41, 5.74) is 0.140. The van der Waals surface area contributed by atoms with Crippen LogP contribution in [0.3, 0.4) is 0 Å². The van der Waals surface area contributed by atoms with Crippen molar-refractivity contribution in [2.24, 2.45) is 0 Å². The highest BCUT2D eigenvalue weighted by molar-refractivity contribution is 6.36. The lowest BCUT2D eigenvalue weighted by Gasteiger charge is -2.04. The molecule has 1 aromatic heterocycles. The summed E-state index contributed by atoms with van der Waals surface area (Å²) >= 11 is 11.0. The second kappa shape index (κ2) is 3.83. The van der Waals surface area contributed by atoms with Crippen molar-refractivity contribution in [3.63, 3.8) is 0 Å². The van der Waals surface area contributed by atoms with Gasteiger partial charge in [-0.05, 0) is 18.2 Å². The molecule has 2 rings (SSSR count). The standard InChI is InChI=1S/C10H4Cl2F2O/c11-8-5(7-2-1-3-15-7)4-6(13)9(12)10(8)14/h1-4H. The first-order valence-electron chi connectivity index (χ1n) is 3.98. The molecule has 0 atom stereocenters. The van der Waals surface area contributed by atoms with Gasteiger partial charge in [0.05, 0.1) is 11.3 Å². The fourth-order valence-electron chi connectivity index (χ4n) is 1.18. The third kappa shape index (κ3) is 1.73. The monoisotopic (exact) mass is 248 g/mol. The Balaban J connectivity index is 2.69. The van der Waals surface area contributed by atoms with Crippen molar-refractivity contribution in [2.45, 2.75) is 0 Å². The lowest BCUT2D eigenvalue weighted by atomic mass is 10.1. The first-order chi connectivity index (χ1) is 7.11. The molecule has 0 bridgehead atoms. The van der Waals surface area contributed by atoms with Gasteiger partial charge in [0.15, 0.2) is 5.82 Å². The quantitative estimate of drug-likeness (QED) is 0.534. The van der Waals surface area contributed by atoms with Gasteiger partial charge >= 0.3 is 0 Å². The minimum atomic E-state index is -0.982. The Labute approximate surface area is 94.2 Å². The first kappa shape index (κ1) is 10.5. The summed E-state index contributed by atoms with van der Waals surface area (Å²) in [5.74, 6) is -1.57. The molecule has 0 saturated heterocycles. The van der Waals surface area contributed by atoms with Gasteiger partial charge in [0.25, 0.3) is 0 Å². The molecule has 0 saturated carbocycles. The van der Waals surface area contributed by atoms with Crippen molar-refractivity contribution in [3.05, 3.63) is 46.1 Å². The van der Waals surface area contributed by atoms with E-state index in [1.165, 1.54) is 6.26 Å². The van der Waals surface area contributed by atoms with E-state index in [0.29, 0.717) is 0 Å². The van der Waals surface area contributed by atoms with E-state index in [0.717, 1.165) is 6.07 Å². The Hall–Kier alpha value is -1.06. The van der Waals surface area contributed by atoms with E-state index in [1.54, 1.807) is 12.1 Å². The van der Waals surface area contributed by atoms with Crippen molar-refractivity contribution < 1.29 is 13.2 Å². The molecule has 2 aromatic rings. The second-order valence-corrected chi connectivity index (χ2v) is 3.58.